The summed E-state index contributed by atoms with van der Waals surface area (Å²) in [7, 11) is -4.10. The maximum Gasteiger partial charge on any atom is 0.339 e. The number of benzene rings is 2. The summed E-state index contributed by atoms with van der Waals surface area (Å²) in [5.74, 6) is -0.725. The van der Waals surface area contributed by atoms with Crippen molar-refractivity contribution in [2.24, 2.45) is 10.1 Å². The van der Waals surface area contributed by atoms with Crippen LogP contribution in [0.25, 0.3) is 6.08 Å². The molecule has 0 aliphatic carbocycles. The molecule has 0 bridgehead atoms. The van der Waals surface area contributed by atoms with E-state index in [2.05, 4.69) is 10.1 Å². The highest BCUT2D eigenvalue weighted by atomic mass is 32.2. The number of aliphatic imine (C=N–C) groups is 1. The Morgan fingerprint density at radius 3 is 2.56 bits per heavy atom. The quantitative estimate of drug-likeness (QED) is 0.401. The van der Waals surface area contributed by atoms with E-state index in [1.807, 2.05) is 24.4 Å². The van der Waals surface area contributed by atoms with E-state index in [9.17, 15) is 13.2 Å². The summed E-state index contributed by atoms with van der Waals surface area (Å²) >= 11 is 2.72. The second kappa shape index (κ2) is 8.67. The van der Waals surface area contributed by atoms with Gasteiger partial charge in [-0.2, -0.15) is 23.5 Å². The monoisotopic (exact) mass is 508 g/mol. The number of nitrogens with zero attached hydrogens (tertiary/aromatic N) is 3. The van der Waals surface area contributed by atoms with Crippen molar-refractivity contribution in [2.75, 3.05) is 0 Å². The molecule has 170 valence electrons. The zero-order valence-electron chi connectivity index (χ0n) is 17.6. The van der Waals surface area contributed by atoms with Crippen molar-refractivity contribution in [3.05, 3.63) is 87.6 Å². The predicted molar refractivity (Wildman–Crippen MR) is 134 cm³/mol. The summed E-state index contributed by atoms with van der Waals surface area (Å²) in [6.07, 6.45) is 1.40. The lowest BCUT2D eigenvalue weighted by Gasteiger charge is -2.20. The zero-order valence-corrected chi connectivity index (χ0v) is 20.1. The minimum atomic E-state index is -4.10. The maximum absolute atomic E-state index is 12.8. The zero-order chi connectivity index (χ0) is 23.9. The van der Waals surface area contributed by atoms with Crippen LogP contribution in [0.1, 0.15) is 16.0 Å². The van der Waals surface area contributed by atoms with Gasteiger partial charge in [0.15, 0.2) is 5.84 Å². The fraction of sp³-hybridized carbons (Fsp3) is 0.0435. The van der Waals surface area contributed by atoms with Gasteiger partial charge in [0.25, 0.3) is 5.91 Å². The van der Waals surface area contributed by atoms with Gasteiger partial charge in [0, 0.05) is 5.56 Å². The molecule has 1 N–H and O–H groups in total. The SMILES string of the molecule is Cc1ccc(S(=O)(=O)Oc2ccccc2/C=C2\C(=N)N3N=C(c4cccs4)SC3=NC2=O)cc1. The lowest BCUT2D eigenvalue weighted by Crippen LogP contribution is -2.35. The molecule has 3 heterocycles. The first-order valence-electron chi connectivity index (χ1n) is 9.96. The number of nitrogens with one attached hydrogen (secondary N) is 1. The molecular weight excluding hydrogens is 492 g/mol. The Labute approximate surface area is 203 Å². The lowest BCUT2D eigenvalue weighted by atomic mass is 10.1. The first kappa shape index (κ1) is 22.3. The molecule has 0 atom stereocenters. The van der Waals surface area contributed by atoms with Crippen LogP contribution in [0, 0.1) is 12.3 Å². The molecule has 1 amide bonds. The van der Waals surface area contributed by atoms with E-state index < -0.39 is 16.0 Å². The molecule has 0 unspecified atom stereocenters. The van der Waals surface area contributed by atoms with E-state index in [1.54, 1.807) is 30.3 Å². The van der Waals surface area contributed by atoms with Gasteiger partial charge in [-0.15, -0.1) is 11.3 Å². The standard InChI is InChI=1S/C23H16N4O4S3/c1-14-8-10-16(11-9-14)34(29,30)31-18-6-3-2-5-15(18)13-17-20(24)27-23(25-21(17)28)33-22(26-27)19-7-4-12-32-19/h2-13,24H,1H3/b17-13+,24-20?. The molecule has 2 aliphatic rings. The summed E-state index contributed by atoms with van der Waals surface area (Å²) in [5, 5.41) is 17.2. The van der Waals surface area contributed by atoms with Crippen LogP contribution in [0.3, 0.4) is 0 Å². The second-order valence-electron chi connectivity index (χ2n) is 7.29. The fourth-order valence-electron chi connectivity index (χ4n) is 3.19. The number of aryl methyl sites for hydroxylation is 1. The molecule has 34 heavy (non-hydrogen) atoms. The van der Waals surface area contributed by atoms with Gasteiger partial charge in [-0.3, -0.25) is 10.2 Å². The molecular formula is C23H16N4O4S3. The molecule has 8 nitrogen and oxygen atoms in total. The Balaban J connectivity index is 1.47. The average molecular weight is 509 g/mol. The van der Waals surface area contributed by atoms with Crippen LogP contribution in [-0.4, -0.2) is 35.4 Å². The molecule has 3 aromatic rings. The van der Waals surface area contributed by atoms with Crippen molar-refractivity contribution in [2.45, 2.75) is 11.8 Å². The predicted octanol–water partition coefficient (Wildman–Crippen LogP) is 4.49. The Morgan fingerprint density at radius 1 is 1.06 bits per heavy atom. The Hall–Kier alpha value is -3.54. The molecule has 1 aromatic heterocycles. The Bertz CT molecular complexity index is 1510. The molecule has 0 saturated carbocycles. The third-order valence-electron chi connectivity index (χ3n) is 4.91. The highest BCUT2D eigenvalue weighted by molar-refractivity contribution is 8.27. The van der Waals surface area contributed by atoms with Crippen molar-refractivity contribution in [3.63, 3.8) is 0 Å². The van der Waals surface area contributed by atoms with Gasteiger partial charge in [0.05, 0.1) is 10.5 Å². The molecule has 2 aromatic carbocycles. The maximum atomic E-state index is 12.8. The van der Waals surface area contributed by atoms with E-state index in [-0.39, 0.29) is 22.1 Å². The minimum absolute atomic E-state index is 0.0146. The van der Waals surface area contributed by atoms with Gasteiger partial charge in [-0.1, -0.05) is 42.0 Å². The van der Waals surface area contributed by atoms with E-state index in [0.717, 1.165) is 10.4 Å². The summed E-state index contributed by atoms with van der Waals surface area (Å²) in [6.45, 7) is 1.86. The highest BCUT2D eigenvalue weighted by Gasteiger charge is 2.36. The van der Waals surface area contributed by atoms with Crippen molar-refractivity contribution < 1.29 is 17.4 Å². The third kappa shape index (κ3) is 4.20. The molecule has 2 aliphatic heterocycles. The third-order valence-corrected chi connectivity index (χ3v) is 8.11. The second-order valence-corrected chi connectivity index (χ2v) is 10.7. The largest absolute Gasteiger partial charge is 0.378 e. The first-order valence-corrected chi connectivity index (χ1v) is 13.1. The first-order chi connectivity index (χ1) is 16.3. The van der Waals surface area contributed by atoms with E-state index >= 15 is 0 Å². The van der Waals surface area contributed by atoms with E-state index in [0.29, 0.717) is 15.8 Å². The van der Waals surface area contributed by atoms with Gasteiger partial charge in [-0.05, 0) is 54.4 Å². The number of hydrazone groups is 1. The number of thiophene rings is 1. The van der Waals surface area contributed by atoms with Gasteiger partial charge in [0.2, 0.25) is 5.17 Å². The molecule has 5 rings (SSSR count). The van der Waals surface area contributed by atoms with Gasteiger partial charge in [-0.25, -0.2) is 0 Å². The number of amides is 1. The van der Waals surface area contributed by atoms with Crippen LogP contribution >= 0.6 is 23.1 Å². The van der Waals surface area contributed by atoms with Crippen molar-refractivity contribution in [1.29, 1.82) is 5.41 Å². The smallest absolute Gasteiger partial charge is 0.339 e. The van der Waals surface area contributed by atoms with E-state index in [1.165, 1.54) is 52.4 Å². The molecule has 11 heteroatoms. The lowest BCUT2D eigenvalue weighted by molar-refractivity contribution is -0.114. The molecule has 0 spiro atoms. The summed E-state index contributed by atoms with van der Waals surface area (Å²) < 4.78 is 31.0. The Kier molecular flexibility index (Phi) is 5.68. The van der Waals surface area contributed by atoms with Crippen LogP contribution in [0.2, 0.25) is 0 Å². The van der Waals surface area contributed by atoms with Crippen molar-refractivity contribution in [3.8, 4) is 5.75 Å². The van der Waals surface area contributed by atoms with Crippen LogP contribution in [0.15, 0.2) is 86.6 Å². The van der Waals surface area contributed by atoms with Crippen molar-refractivity contribution >= 4 is 61.2 Å². The number of para-hydroxylation sites is 1. The van der Waals surface area contributed by atoms with Crippen LogP contribution in [0.4, 0.5) is 0 Å². The van der Waals surface area contributed by atoms with Crippen molar-refractivity contribution in [1.82, 2.24) is 5.01 Å². The number of fused-ring (bicyclic) bond motifs is 1. The number of amidine groups is 2. The molecule has 0 saturated heterocycles. The summed E-state index contributed by atoms with van der Waals surface area (Å²) in [6, 6.07) is 16.5. The minimum Gasteiger partial charge on any atom is -0.378 e. The van der Waals surface area contributed by atoms with Crippen LogP contribution in [-0.2, 0) is 14.9 Å². The van der Waals surface area contributed by atoms with Gasteiger partial charge >= 0.3 is 10.1 Å². The summed E-state index contributed by atoms with van der Waals surface area (Å²) in [4.78, 5) is 17.8. The van der Waals surface area contributed by atoms with Crippen LogP contribution < -0.4 is 4.18 Å². The fourth-order valence-corrected chi connectivity index (χ4v) is 5.83. The Morgan fingerprint density at radius 2 is 1.82 bits per heavy atom. The van der Waals surface area contributed by atoms with Gasteiger partial charge in [0.1, 0.15) is 15.7 Å². The number of rotatable bonds is 5. The normalized spacial score (nSPS) is 17.0. The van der Waals surface area contributed by atoms with Gasteiger partial charge < -0.3 is 4.18 Å². The number of thioether (sulfide) groups is 1. The van der Waals surface area contributed by atoms with Crippen LogP contribution in [0.5, 0.6) is 5.75 Å². The number of carbonyl (C=O) groups is 1. The molecule has 0 radical (unpaired) electrons. The highest BCUT2D eigenvalue weighted by Crippen LogP contribution is 2.33. The van der Waals surface area contributed by atoms with E-state index in [4.69, 9.17) is 9.59 Å². The topological polar surface area (TPSA) is 112 Å². The number of hydrogen-bond acceptors (Lipinski definition) is 8. The summed E-state index contributed by atoms with van der Waals surface area (Å²) in [5.41, 5.74) is 1.21. The number of carbonyl (C=O) groups excluding carboxylic acids is 1. The molecule has 0 fully saturated rings. The number of hydrogen-bond donors (Lipinski definition) is 1. The average Bonchev–Trinajstić information content (AvgIpc) is 3.48.